The van der Waals surface area contributed by atoms with Crippen LogP contribution in [-0.2, 0) is 11.8 Å². The molecule has 0 aliphatic heterocycles. The van der Waals surface area contributed by atoms with Crippen LogP contribution in [-0.4, -0.2) is 22.7 Å². The summed E-state index contributed by atoms with van der Waals surface area (Å²) in [5.41, 5.74) is 4.35. The Morgan fingerprint density at radius 1 is 1.07 bits per heavy atom. The fourth-order valence-corrected chi connectivity index (χ4v) is 4.07. The minimum atomic E-state index is 0.117. The zero-order chi connectivity index (χ0) is 20.1. The van der Waals surface area contributed by atoms with Crippen LogP contribution in [0.1, 0.15) is 37.5 Å². The molecule has 0 aliphatic rings. The van der Waals surface area contributed by atoms with Crippen molar-refractivity contribution in [1.29, 1.82) is 0 Å². The maximum absolute atomic E-state index is 10.6. The van der Waals surface area contributed by atoms with Crippen LogP contribution in [0.5, 0.6) is 5.75 Å². The Bertz CT molecular complexity index is 964. The van der Waals surface area contributed by atoms with Gasteiger partial charge in [0.1, 0.15) is 5.75 Å². The molecule has 0 amide bonds. The minimum absolute atomic E-state index is 0.117. The van der Waals surface area contributed by atoms with Crippen LogP contribution in [0.3, 0.4) is 0 Å². The van der Waals surface area contributed by atoms with E-state index in [2.05, 4.69) is 62.2 Å². The summed E-state index contributed by atoms with van der Waals surface area (Å²) in [6, 6.07) is 18.6. The van der Waals surface area contributed by atoms with E-state index in [9.17, 15) is 5.11 Å². The van der Waals surface area contributed by atoms with Crippen LogP contribution in [0.2, 0.25) is 0 Å². The second-order valence-electron chi connectivity index (χ2n) is 7.87. The number of aliphatic imine (C=N–C) groups is 1. The molecule has 3 rings (SSSR count). The van der Waals surface area contributed by atoms with E-state index in [-0.39, 0.29) is 11.2 Å². The van der Waals surface area contributed by atoms with Crippen LogP contribution >= 0.6 is 23.6 Å². The molecule has 1 N–H and O–H groups in total. The second-order valence-corrected chi connectivity index (χ2v) is 9.32. The third-order valence-electron chi connectivity index (χ3n) is 4.55. The van der Waals surface area contributed by atoms with Gasteiger partial charge < -0.3 is 5.11 Å². The van der Waals surface area contributed by atoms with Crippen LogP contribution in [0.15, 0.2) is 65.0 Å². The zero-order valence-corrected chi connectivity index (χ0v) is 18.1. The summed E-state index contributed by atoms with van der Waals surface area (Å²) in [6.07, 6.45) is 2.46. The van der Waals surface area contributed by atoms with Gasteiger partial charge in [0, 0.05) is 28.4 Å². The van der Waals surface area contributed by atoms with Crippen molar-refractivity contribution in [3.05, 3.63) is 76.7 Å². The molecule has 0 atom stereocenters. The number of benzene rings is 2. The highest BCUT2D eigenvalue weighted by molar-refractivity contribution is 7.80. The molecule has 2 nitrogen and oxygen atoms in total. The number of nitrogens with zero attached hydrogens (tertiary/aromatic N) is 1. The highest BCUT2D eigenvalue weighted by atomic mass is 32.1. The Morgan fingerprint density at radius 2 is 1.75 bits per heavy atom. The average Bonchev–Trinajstić information content (AvgIpc) is 3.02. The molecule has 1 heterocycles. The van der Waals surface area contributed by atoms with Crippen molar-refractivity contribution in [1.82, 2.24) is 0 Å². The van der Waals surface area contributed by atoms with Crippen LogP contribution in [0.25, 0.3) is 10.4 Å². The summed E-state index contributed by atoms with van der Waals surface area (Å²) in [5.74, 6) is 0.284. The van der Waals surface area contributed by atoms with E-state index in [1.165, 1.54) is 22.5 Å². The van der Waals surface area contributed by atoms with Crippen LogP contribution < -0.4 is 0 Å². The Morgan fingerprint density at radius 3 is 2.39 bits per heavy atom. The van der Waals surface area contributed by atoms with Gasteiger partial charge in [-0.1, -0.05) is 87.6 Å². The van der Waals surface area contributed by atoms with Crippen molar-refractivity contribution in [2.45, 2.75) is 32.6 Å². The quantitative estimate of drug-likeness (QED) is 0.376. The van der Waals surface area contributed by atoms with E-state index < -0.39 is 0 Å². The lowest BCUT2D eigenvalue weighted by atomic mass is 9.86. The second kappa shape index (κ2) is 8.80. The van der Waals surface area contributed by atoms with E-state index >= 15 is 0 Å². The highest BCUT2D eigenvalue weighted by Crippen LogP contribution is 2.38. The first-order valence-corrected chi connectivity index (χ1v) is 10.6. The first-order valence-electron chi connectivity index (χ1n) is 9.31. The number of aromatic hydroxyl groups is 1. The molecule has 0 saturated carbocycles. The smallest absolute Gasteiger partial charge is 0.142 e. The maximum Gasteiger partial charge on any atom is 0.142 e. The van der Waals surface area contributed by atoms with Crippen LogP contribution in [0, 0.1) is 0 Å². The van der Waals surface area contributed by atoms with E-state index in [1.807, 2.05) is 23.6 Å². The topological polar surface area (TPSA) is 32.6 Å². The molecule has 0 saturated heterocycles. The lowest BCUT2D eigenvalue weighted by Gasteiger charge is -2.19. The molecule has 3 aromatic rings. The minimum Gasteiger partial charge on any atom is -0.506 e. The van der Waals surface area contributed by atoms with Gasteiger partial charge in [-0.3, -0.25) is 4.99 Å². The third kappa shape index (κ3) is 5.15. The molecule has 0 aliphatic carbocycles. The molecular formula is C24H25NOS2. The van der Waals surface area contributed by atoms with Gasteiger partial charge in [-0.05, 0) is 22.1 Å². The van der Waals surface area contributed by atoms with Gasteiger partial charge in [0.05, 0.1) is 11.4 Å². The molecule has 0 fully saturated rings. The first-order chi connectivity index (χ1) is 13.3. The lowest BCUT2D eigenvalue weighted by molar-refractivity contribution is 0.479. The van der Waals surface area contributed by atoms with Gasteiger partial charge in [0.2, 0.25) is 0 Å². The fourth-order valence-electron chi connectivity index (χ4n) is 2.91. The maximum atomic E-state index is 10.6. The monoisotopic (exact) mass is 407 g/mol. The van der Waals surface area contributed by atoms with Crippen molar-refractivity contribution in [2.24, 2.45) is 4.99 Å². The third-order valence-corrected chi connectivity index (χ3v) is 5.86. The molecule has 0 bridgehead atoms. The average molecular weight is 408 g/mol. The number of thiocarbonyl (C=S) groups is 1. The molecule has 0 unspecified atom stereocenters. The van der Waals surface area contributed by atoms with E-state index in [0.29, 0.717) is 6.54 Å². The molecule has 1 aromatic heterocycles. The molecule has 4 heteroatoms. The zero-order valence-electron chi connectivity index (χ0n) is 16.5. The SMILES string of the molecule is CC(C)(C)c1ccc(-c2scc(C=NCC(=S)Cc3ccccc3)c2O)cc1. The number of hydrogen-bond acceptors (Lipinski definition) is 4. The van der Waals surface area contributed by atoms with Crippen molar-refractivity contribution < 1.29 is 5.11 Å². The largest absolute Gasteiger partial charge is 0.506 e. The Hall–Kier alpha value is -2.30. The number of rotatable bonds is 6. The number of thiophene rings is 1. The predicted octanol–water partition coefficient (Wildman–Crippen LogP) is 6.45. The Kier molecular flexibility index (Phi) is 6.42. The Labute approximate surface area is 176 Å². The van der Waals surface area contributed by atoms with Crippen molar-refractivity contribution >= 4 is 34.6 Å². The molecule has 2 aromatic carbocycles. The molecule has 144 valence electrons. The molecule has 0 radical (unpaired) electrons. The van der Waals surface area contributed by atoms with Crippen molar-refractivity contribution in [3.63, 3.8) is 0 Å². The van der Waals surface area contributed by atoms with E-state index in [4.69, 9.17) is 12.2 Å². The van der Waals surface area contributed by atoms with E-state index in [0.717, 1.165) is 27.3 Å². The van der Waals surface area contributed by atoms with Gasteiger partial charge >= 0.3 is 0 Å². The van der Waals surface area contributed by atoms with E-state index in [1.54, 1.807) is 6.21 Å². The van der Waals surface area contributed by atoms with Gasteiger partial charge in [0.15, 0.2) is 0 Å². The van der Waals surface area contributed by atoms with Crippen LogP contribution in [0.4, 0.5) is 0 Å². The molecule has 28 heavy (non-hydrogen) atoms. The number of hydrogen-bond donors (Lipinski definition) is 1. The summed E-state index contributed by atoms with van der Waals surface area (Å²) in [6.45, 7) is 7.07. The summed E-state index contributed by atoms with van der Waals surface area (Å²) in [4.78, 5) is 6.19. The summed E-state index contributed by atoms with van der Waals surface area (Å²) in [5, 5.41) is 12.5. The van der Waals surface area contributed by atoms with Crippen molar-refractivity contribution in [2.75, 3.05) is 6.54 Å². The Balaban J connectivity index is 1.66. The van der Waals surface area contributed by atoms with Crippen molar-refractivity contribution in [3.8, 4) is 16.2 Å². The normalized spacial score (nSPS) is 11.8. The van der Waals surface area contributed by atoms with Gasteiger partial charge in [0.25, 0.3) is 0 Å². The van der Waals surface area contributed by atoms with Gasteiger partial charge in [-0.15, -0.1) is 11.3 Å². The first kappa shape index (κ1) is 20.4. The summed E-state index contributed by atoms with van der Waals surface area (Å²) < 4.78 is 0. The lowest BCUT2D eigenvalue weighted by Crippen LogP contribution is -2.10. The van der Waals surface area contributed by atoms with Gasteiger partial charge in [-0.2, -0.15) is 0 Å². The molecular weight excluding hydrogens is 382 g/mol. The predicted molar refractivity (Wildman–Crippen MR) is 125 cm³/mol. The standard InChI is InChI=1S/C24H25NOS2/c1-24(2,3)20-11-9-18(10-12-20)23-22(26)19(16-28-23)14-25-15-21(27)13-17-7-5-4-6-8-17/h4-12,14,16,26H,13,15H2,1-3H3. The fraction of sp³-hybridized carbons (Fsp3) is 0.250. The van der Waals surface area contributed by atoms with Gasteiger partial charge in [-0.25, -0.2) is 0 Å². The molecule has 0 spiro atoms. The highest BCUT2D eigenvalue weighted by Gasteiger charge is 2.15. The summed E-state index contributed by atoms with van der Waals surface area (Å²) in [7, 11) is 0. The summed E-state index contributed by atoms with van der Waals surface area (Å²) >= 11 is 6.96.